The Balaban J connectivity index is 2.04. The Morgan fingerprint density at radius 2 is 1.68 bits per heavy atom. The number of hydrogen-bond acceptors (Lipinski definition) is 3. The molecule has 0 atom stereocenters. The molecule has 1 aromatic heterocycles. The van der Waals surface area contributed by atoms with Crippen molar-refractivity contribution >= 4 is 22.7 Å². The van der Waals surface area contributed by atoms with E-state index in [4.69, 9.17) is 5.11 Å². The van der Waals surface area contributed by atoms with Gasteiger partial charge in [0.2, 0.25) is 5.78 Å². The van der Waals surface area contributed by atoms with E-state index in [9.17, 15) is 22.8 Å². The lowest BCUT2D eigenvalue weighted by Gasteiger charge is -2.06. The number of benzene rings is 2. The monoisotopic (exact) mass is 348 g/mol. The lowest BCUT2D eigenvalue weighted by Crippen LogP contribution is -2.11. The van der Waals surface area contributed by atoms with Gasteiger partial charge >= 0.3 is 12.1 Å². The molecule has 0 aliphatic heterocycles. The number of carboxylic acid groups (broad SMARTS) is 1. The van der Waals surface area contributed by atoms with Crippen LogP contribution in [-0.4, -0.2) is 26.6 Å². The second-order valence-electron chi connectivity index (χ2n) is 5.32. The van der Waals surface area contributed by atoms with Gasteiger partial charge in [-0.05, 0) is 18.2 Å². The minimum absolute atomic E-state index is 0.00314. The number of aromatic nitrogens is 2. The van der Waals surface area contributed by atoms with Gasteiger partial charge in [0.15, 0.2) is 0 Å². The Morgan fingerprint density at radius 3 is 2.28 bits per heavy atom. The first kappa shape index (κ1) is 16.7. The molecule has 0 saturated heterocycles. The minimum Gasteiger partial charge on any atom is -0.480 e. The van der Waals surface area contributed by atoms with Gasteiger partial charge in [0.05, 0.1) is 11.1 Å². The maximum absolute atomic E-state index is 12.6. The predicted molar refractivity (Wildman–Crippen MR) is 82.2 cm³/mol. The van der Waals surface area contributed by atoms with Crippen LogP contribution in [0.15, 0.2) is 48.5 Å². The van der Waals surface area contributed by atoms with Crippen LogP contribution in [0.3, 0.4) is 0 Å². The maximum Gasteiger partial charge on any atom is 0.416 e. The van der Waals surface area contributed by atoms with Gasteiger partial charge in [-0.15, -0.1) is 0 Å². The standard InChI is InChI=1S/C17H11F3N2O3/c18-17(19,20)11-7-5-10(6-8-11)16(25)15-12-3-1-2-4-13(12)22(21-15)9-14(23)24/h1-8H,9H2,(H,23,24). The number of nitrogens with zero attached hydrogens (tertiary/aromatic N) is 2. The molecule has 0 spiro atoms. The number of hydrogen-bond donors (Lipinski definition) is 1. The summed E-state index contributed by atoms with van der Waals surface area (Å²) in [7, 11) is 0. The lowest BCUT2D eigenvalue weighted by molar-refractivity contribution is -0.138. The van der Waals surface area contributed by atoms with E-state index < -0.39 is 30.0 Å². The van der Waals surface area contributed by atoms with Crippen LogP contribution in [-0.2, 0) is 17.5 Å². The average molecular weight is 348 g/mol. The number of halogens is 3. The first-order valence-corrected chi connectivity index (χ1v) is 7.16. The van der Waals surface area contributed by atoms with Crippen LogP contribution >= 0.6 is 0 Å². The van der Waals surface area contributed by atoms with Gasteiger partial charge < -0.3 is 5.11 Å². The molecule has 2 aromatic carbocycles. The summed E-state index contributed by atoms with van der Waals surface area (Å²) in [5, 5.41) is 13.4. The zero-order chi connectivity index (χ0) is 18.2. The van der Waals surface area contributed by atoms with E-state index in [2.05, 4.69) is 5.10 Å². The second-order valence-corrected chi connectivity index (χ2v) is 5.32. The van der Waals surface area contributed by atoms with Gasteiger partial charge in [-0.1, -0.05) is 30.3 Å². The topological polar surface area (TPSA) is 72.2 Å². The Bertz CT molecular complexity index is 959. The lowest BCUT2D eigenvalue weighted by atomic mass is 10.0. The van der Waals surface area contributed by atoms with Gasteiger partial charge in [0.1, 0.15) is 12.2 Å². The first-order chi connectivity index (χ1) is 11.8. The number of ketones is 1. The van der Waals surface area contributed by atoms with Crippen molar-refractivity contribution < 1.29 is 27.9 Å². The Hall–Kier alpha value is -3.16. The fourth-order valence-corrected chi connectivity index (χ4v) is 2.49. The summed E-state index contributed by atoms with van der Waals surface area (Å²) in [6, 6.07) is 10.4. The van der Waals surface area contributed by atoms with Crippen molar-refractivity contribution in [3.05, 3.63) is 65.4 Å². The number of alkyl halides is 3. The molecule has 5 nitrogen and oxygen atoms in total. The fourth-order valence-electron chi connectivity index (χ4n) is 2.49. The smallest absolute Gasteiger partial charge is 0.416 e. The van der Waals surface area contributed by atoms with Gasteiger partial charge in [-0.25, -0.2) is 0 Å². The van der Waals surface area contributed by atoms with Crippen LogP contribution in [0.2, 0.25) is 0 Å². The predicted octanol–water partition coefficient (Wildman–Crippen LogP) is 3.37. The molecule has 3 aromatic rings. The first-order valence-electron chi connectivity index (χ1n) is 7.16. The number of carbonyl (C=O) groups is 2. The van der Waals surface area contributed by atoms with Gasteiger partial charge in [0.25, 0.3) is 0 Å². The molecule has 0 fully saturated rings. The summed E-state index contributed by atoms with van der Waals surface area (Å²) in [5.74, 6) is -1.70. The fraction of sp³-hybridized carbons (Fsp3) is 0.118. The normalized spacial score (nSPS) is 11.6. The van der Waals surface area contributed by atoms with Gasteiger partial charge in [0, 0.05) is 10.9 Å². The van der Waals surface area contributed by atoms with E-state index >= 15 is 0 Å². The van der Waals surface area contributed by atoms with E-state index in [0.717, 1.165) is 24.3 Å². The highest BCUT2D eigenvalue weighted by atomic mass is 19.4. The molecule has 1 N–H and O–H groups in total. The van der Waals surface area contributed by atoms with Crippen molar-refractivity contribution in [3.63, 3.8) is 0 Å². The minimum atomic E-state index is -4.49. The molecule has 0 unspecified atom stereocenters. The van der Waals surface area contributed by atoms with Crippen LogP contribution in [0.1, 0.15) is 21.6 Å². The molecule has 8 heteroatoms. The molecule has 25 heavy (non-hydrogen) atoms. The summed E-state index contributed by atoms with van der Waals surface area (Å²) in [4.78, 5) is 23.6. The van der Waals surface area contributed by atoms with E-state index in [-0.39, 0.29) is 11.3 Å². The van der Waals surface area contributed by atoms with Gasteiger partial charge in [-0.2, -0.15) is 18.3 Å². The zero-order valence-electron chi connectivity index (χ0n) is 12.6. The number of rotatable bonds is 4. The Labute approximate surface area is 139 Å². The molecule has 0 saturated carbocycles. The molecule has 0 aliphatic carbocycles. The van der Waals surface area contributed by atoms with Crippen molar-refractivity contribution in [2.45, 2.75) is 12.7 Å². The highest BCUT2D eigenvalue weighted by molar-refractivity contribution is 6.14. The second kappa shape index (κ2) is 6.04. The third-order valence-electron chi connectivity index (χ3n) is 3.63. The number of para-hydroxylation sites is 1. The maximum atomic E-state index is 12.6. The van der Waals surface area contributed by atoms with Crippen molar-refractivity contribution in [2.75, 3.05) is 0 Å². The number of aliphatic carboxylic acids is 1. The summed E-state index contributed by atoms with van der Waals surface area (Å²) in [6.45, 7) is -0.430. The Morgan fingerprint density at radius 1 is 1.04 bits per heavy atom. The van der Waals surface area contributed by atoms with E-state index in [0.29, 0.717) is 10.9 Å². The molecule has 0 radical (unpaired) electrons. The van der Waals surface area contributed by atoms with E-state index in [1.807, 2.05) is 0 Å². The number of fused-ring (bicyclic) bond motifs is 1. The van der Waals surface area contributed by atoms with Crippen LogP contribution in [0, 0.1) is 0 Å². The molecule has 1 heterocycles. The molecular weight excluding hydrogens is 337 g/mol. The van der Waals surface area contributed by atoms with Gasteiger partial charge in [-0.3, -0.25) is 14.3 Å². The van der Waals surface area contributed by atoms with Crippen molar-refractivity contribution in [1.29, 1.82) is 0 Å². The third-order valence-corrected chi connectivity index (χ3v) is 3.63. The molecule has 3 rings (SSSR count). The van der Waals surface area contributed by atoms with Crippen LogP contribution < -0.4 is 0 Å². The van der Waals surface area contributed by atoms with E-state index in [1.165, 1.54) is 4.68 Å². The summed E-state index contributed by atoms with van der Waals surface area (Å²) >= 11 is 0. The number of carbonyl (C=O) groups excluding carboxylic acids is 1. The zero-order valence-corrected chi connectivity index (χ0v) is 12.6. The molecule has 0 aliphatic rings. The van der Waals surface area contributed by atoms with Crippen molar-refractivity contribution in [2.24, 2.45) is 0 Å². The van der Waals surface area contributed by atoms with Crippen LogP contribution in [0.5, 0.6) is 0 Å². The molecular formula is C17H11F3N2O3. The van der Waals surface area contributed by atoms with E-state index in [1.54, 1.807) is 24.3 Å². The highest BCUT2D eigenvalue weighted by Crippen LogP contribution is 2.29. The molecule has 0 amide bonds. The summed E-state index contributed by atoms with van der Waals surface area (Å²) in [5.41, 5.74) is -0.360. The van der Waals surface area contributed by atoms with Crippen molar-refractivity contribution in [1.82, 2.24) is 9.78 Å². The molecule has 0 bridgehead atoms. The SMILES string of the molecule is O=C(O)Cn1nc(C(=O)c2ccc(C(F)(F)F)cc2)c2ccccc21. The van der Waals surface area contributed by atoms with Crippen molar-refractivity contribution in [3.8, 4) is 0 Å². The quantitative estimate of drug-likeness (QED) is 0.734. The summed E-state index contributed by atoms with van der Waals surface area (Å²) in [6.07, 6.45) is -4.49. The third kappa shape index (κ3) is 3.23. The van der Waals surface area contributed by atoms with Crippen LogP contribution in [0.4, 0.5) is 13.2 Å². The molecule has 128 valence electrons. The summed E-state index contributed by atoms with van der Waals surface area (Å²) < 4.78 is 39.0. The highest BCUT2D eigenvalue weighted by Gasteiger charge is 2.30. The Kier molecular flexibility index (Phi) is 4.03. The largest absolute Gasteiger partial charge is 0.480 e. The van der Waals surface area contributed by atoms with Crippen LogP contribution in [0.25, 0.3) is 10.9 Å². The number of carboxylic acids is 1. The average Bonchev–Trinajstić information content (AvgIpc) is 2.92.